The first-order valence-electron chi connectivity index (χ1n) is 6.11. The summed E-state index contributed by atoms with van der Waals surface area (Å²) in [5.74, 6) is 0.370. The molecule has 2 nitrogen and oxygen atoms in total. The van der Waals surface area contributed by atoms with Crippen molar-refractivity contribution in [1.29, 1.82) is 0 Å². The monoisotopic (exact) mass is 220 g/mol. The SMILES string of the molecule is CC(C(O)c1ccccc1)C1CCCC1O. The van der Waals surface area contributed by atoms with Gasteiger partial charge in [0.2, 0.25) is 0 Å². The van der Waals surface area contributed by atoms with Gasteiger partial charge in [0.25, 0.3) is 0 Å². The van der Waals surface area contributed by atoms with Crippen molar-refractivity contribution < 1.29 is 10.2 Å². The fourth-order valence-corrected chi connectivity index (χ4v) is 2.77. The van der Waals surface area contributed by atoms with Crippen LogP contribution >= 0.6 is 0 Å². The fraction of sp³-hybridized carbons (Fsp3) is 0.571. The molecule has 1 saturated carbocycles. The van der Waals surface area contributed by atoms with Gasteiger partial charge in [-0.25, -0.2) is 0 Å². The molecule has 1 fully saturated rings. The smallest absolute Gasteiger partial charge is 0.0819 e. The van der Waals surface area contributed by atoms with Gasteiger partial charge >= 0.3 is 0 Å². The zero-order chi connectivity index (χ0) is 11.5. The van der Waals surface area contributed by atoms with Crippen LogP contribution in [0.3, 0.4) is 0 Å². The maximum Gasteiger partial charge on any atom is 0.0819 e. The minimum absolute atomic E-state index is 0.125. The summed E-state index contributed by atoms with van der Waals surface area (Å²) in [4.78, 5) is 0. The fourth-order valence-electron chi connectivity index (χ4n) is 2.77. The summed E-state index contributed by atoms with van der Waals surface area (Å²) in [7, 11) is 0. The molecule has 4 atom stereocenters. The van der Waals surface area contributed by atoms with E-state index in [1.807, 2.05) is 37.3 Å². The van der Waals surface area contributed by atoms with Gasteiger partial charge in [0.1, 0.15) is 0 Å². The van der Waals surface area contributed by atoms with E-state index in [2.05, 4.69) is 0 Å². The second kappa shape index (κ2) is 4.98. The first-order valence-corrected chi connectivity index (χ1v) is 6.11. The van der Waals surface area contributed by atoms with Crippen molar-refractivity contribution in [3.63, 3.8) is 0 Å². The van der Waals surface area contributed by atoms with Crippen molar-refractivity contribution in [2.45, 2.75) is 38.4 Å². The van der Waals surface area contributed by atoms with Crippen molar-refractivity contribution >= 4 is 0 Å². The number of aliphatic hydroxyl groups is 2. The van der Waals surface area contributed by atoms with Crippen molar-refractivity contribution in [3.8, 4) is 0 Å². The maximum absolute atomic E-state index is 10.3. The zero-order valence-electron chi connectivity index (χ0n) is 9.71. The number of rotatable bonds is 3. The largest absolute Gasteiger partial charge is 0.393 e. The van der Waals surface area contributed by atoms with Gasteiger partial charge in [0.05, 0.1) is 12.2 Å². The van der Waals surface area contributed by atoms with Crippen LogP contribution in [0.5, 0.6) is 0 Å². The lowest BCUT2D eigenvalue weighted by Crippen LogP contribution is -2.25. The Kier molecular flexibility index (Phi) is 3.62. The highest BCUT2D eigenvalue weighted by Gasteiger charge is 2.33. The summed E-state index contributed by atoms with van der Waals surface area (Å²) >= 11 is 0. The summed E-state index contributed by atoms with van der Waals surface area (Å²) in [6.45, 7) is 2.04. The second-order valence-electron chi connectivity index (χ2n) is 4.88. The molecule has 0 radical (unpaired) electrons. The van der Waals surface area contributed by atoms with E-state index in [0.29, 0.717) is 0 Å². The van der Waals surface area contributed by atoms with Crippen LogP contribution in [0.4, 0.5) is 0 Å². The van der Waals surface area contributed by atoms with E-state index >= 15 is 0 Å². The lowest BCUT2D eigenvalue weighted by atomic mass is 9.84. The number of benzene rings is 1. The minimum Gasteiger partial charge on any atom is -0.393 e. The molecule has 16 heavy (non-hydrogen) atoms. The molecule has 4 unspecified atom stereocenters. The highest BCUT2D eigenvalue weighted by Crippen LogP contribution is 2.37. The van der Waals surface area contributed by atoms with Crippen LogP contribution in [0.2, 0.25) is 0 Å². The molecule has 0 saturated heterocycles. The normalized spacial score (nSPS) is 28.9. The van der Waals surface area contributed by atoms with Crippen molar-refractivity contribution in [1.82, 2.24) is 0 Å². The molecular formula is C14H20O2. The van der Waals surface area contributed by atoms with Crippen LogP contribution in [0, 0.1) is 11.8 Å². The molecule has 1 aromatic rings. The van der Waals surface area contributed by atoms with E-state index in [9.17, 15) is 10.2 Å². The molecular weight excluding hydrogens is 200 g/mol. The highest BCUT2D eigenvalue weighted by atomic mass is 16.3. The standard InChI is InChI=1S/C14H20O2/c1-10(12-8-5-9-13(12)15)14(16)11-6-3-2-4-7-11/h2-4,6-7,10,12-16H,5,8-9H2,1H3. The average molecular weight is 220 g/mol. The van der Waals surface area contributed by atoms with Crippen molar-refractivity contribution in [3.05, 3.63) is 35.9 Å². The molecule has 2 heteroatoms. The van der Waals surface area contributed by atoms with Gasteiger partial charge in [-0.05, 0) is 30.2 Å². The van der Waals surface area contributed by atoms with E-state index in [1.54, 1.807) is 0 Å². The second-order valence-corrected chi connectivity index (χ2v) is 4.88. The summed E-state index contributed by atoms with van der Waals surface area (Å²) in [5.41, 5.74) is 0.953. The number of hydrogen-bond donors (Lipinski definition) is 2. The Morgan fingerprint density at radius 3 is 2.44 bits per heavy atom. The number of hydrogen-bond acceptors (Lipinski definition) is 2. The van der Waals surface area contributed by atoms with Crippen molar-refractivity contribution in [2.75, 3.05) is 0 Å². The van der Waals surface area contributed by atoms with Gasteiger partial charge in [-0.3, -0.25) is 0 Å². The van der Waals surface area contributed by atoms with E-state index in [4.69, 9.17) is 0 Å². The molecule has 2 rings (SSSR count). The zero-order valence-corrected chi connectivity index (χ0v) is 9.71. The average Bonchev–Trinajstić information content (AvgIpc) is 2.75. The summed E-state index contributed by atoms with van der Waals surface area (Å²) in [6.07, 6.45) is 2.31. The highest BCUT2D eigenvalue weighted by molar-refractivity contribution is 5.18. The van der Waals surface area contributed by atoms with Crippen LogP contribution in [-0.2, 0) is 0 Å². The Balaban J connectivity index is 2.07. The first kappa shape index (κ1) is 11.6. The van der Waals surface area contributed by atoms with E-state index in [1.165, 1.54) is 0 Å². The Bertz CT molecular complexity index is 323. The third kappa shape index (κ3) is 2.28. The van der Waals surface area contributed by atoms with Crippen LogP contribution in [0.25, 0.3) is 0 Å². The topological polar surface area (TPSA) is 40.5 Å². The molecule has 88 valence electrons. The van der Waals surface area contributed by atoms with Crippen LogP contribution in [0.15, 0.2) is 30.3 Å². The van der Waals surface area contributed by atoms with Gasteiger partial charge in [-0.2, -0.15) is 0 Å². The van der Waals surface area contributed by atoms with Crippen molar-refractivity contribution in [2.24, 2.45) is 11.8 Å². The van der Waals surface area contributed by atoms with Gasteiger partial charge < -0.3 is 10.2 Å². The molecule has 0 spiro atoms. The minimum atomic E-state index is -0.459. The molecule has 0 heterocycles. The Morgan fingerprint density at radius 2 is 1.88 bits per heavy atom. The third-order valence-corrected chi connectivity index (χ3v) is 3.85. The lowest BCUT2D eigenvalue weighted by molar-refractivity contribution is 0.0301. The molecule has 0 aliphatic heterocycles. The van der Waals surface area contributed by atoms with E-state index < -0.39 is 6.10 Å². The molecule has 1 aliphatic rings. The summed E-state index contributed by atoms with van der Waals surface area (Å²) in [5, 5.41) is 20.1. The van der Waals surface area contributed by atoms with Gasteiger partial charge in [-0.1, -0.05) is 43.7 Å². The molecule has 0 amide bonds. The first-order chi connectivity index (χ1) is 7.70. The number of aliphatic hydroxyl groups excluding tert-OH is 2. The van der Waals surface area contributed by atoms with E-state index in [-0.39, 0.29) is 17.9 Å². The predicted octanol–water partition coefficient (Wildman–Crippen LogP) is 2.52. The molecule has 0 aromatic heterocycles. The van der Waals surface area contributed by atoms with Gasteiger partial charge in [-0.15, -0.1) is 0 Å². The van der Waals surface area contributed by atoms with E-state index in [0.717, 1.165) is 24.8 Å². The Hall–Kier alpha value is -0.860. The van der Waals surface area contributed by atoms with Gasteiger partial charge in [0.15, 0.2) is 0 Å². The van der Waals surface area contributed by atoms with Crippen LogP contribution in [0.1, 0.15) is 37.9 Å². The quantitative estimate of drug-likeness (QED) is 0.821. The third-order valence-electron chi connectivity index (χ3n) is 3.85. The summed E-state index contributed by atoms with van der Waals surface area (Å²) < 4.78 is 0. The predicted molar refractivity (Wildman–Crippen MR) is 63.9 cm³/mol. The van der Waals surface area contributed by atoms with Crippen LogP contribution in [-0.4, -0.2) is 16.3 Å². The Morgan fingerprint density at radius 1 is 1.19 bits per heavy atom. The van der Waals surface area contributed by atoms with Gasteiger partial charge in [0, 0.05) is 0 Å². The molecule has 0 bridgehead atoms. The lowest BCUT2D eigenvalue weighted by Gasteiger charge is -2.27. The molecule has 2 N–H and O–H groups in total. The van der Waals surface area contributed by atoms with Crippen LogP contribution < -0.4 is 0 Å². The maximum atomic E-state index is 10.3. The Labute approximate surface area is 96.9 Å². The summed E-state index contributed by atoms with van der Waals surface area (Å²) in [6, 6.07) is 9.73. The molecule has 1 aromatic carbocycles. The molecule has 1 aliphatic carbocycles.